The van der Waals surface area contributed by atoms with E-state index in [0.29, 0.717) is 12.3 Å². The van der Waals surface area contributed by atoms with E-state index in [2.05, 4.69) is 22.4 Å². The summed E-state index contributed by atoms with van der Waals surface area (Å²) in [5.74, 6) is 1.86. The van der Waals surface area contributed by atoms with E-state index in [1.165, 1.54) is 28.6 Å². The maximum atomic E-state index is 12.3. The molecule has 0 saturated heterocycles. The molecule has 1 amide bonds. The summed E-state index contributed by atoms with van der Waals surface area (Å²) < 4.78 is 2.00. The molecule has 0 radical (unpaired) electrons. The van der Waals surface area contributed by atoms with Gasteiger partial charge in [-0.1, -0.05) is 49.0 Å². The Balaban J connectivity index is 1.38. The number of nitrogens with zero attached hydrogens (tertiary/aromatic N) is 4. The van der Waals surface area contributed by atoms with Crippen LogP contribution in [0.2, 0.25) is 0 Å². The Kier molecular flexibility index (Phi) is 5.20. The molecular weight excluding hydrogens is 414 g/mol. The van der Waals surface area contributed by atoms with Gasteiger partial charge in [-0.05, 0) is 43.2 Å². The minimum atomic E-state index is -0.0193. The van der Waals surface area contributed by atoms with Gasteiger partial charge in [-0.2, -0.15) is 0 Å². The first-order chi connectivity index (χ1) is 14.6. The van der Waals surface area contributed by atoms with E-state index in [4.69, 9.17) is 4.98 Å². The van der Waals surface area contributed by atoms with Crippen LogP contribution in [0.4, 0.5) is 0 Å². The largest absolute Gasteiger partial charge is 0.351 e. The molecule has 1 aliphatic rings. The van der Waals surface area contributed by atoms with Crippen molar-refractivity contribution >= 4 is 44.9 Å². The molecule has 0 saturated carbocycles. The van der Waals surface area contributed by atoms with Gasteiger partial charge in [0.15, 0.2) is 10.8 Å². The fourth-order valence-electron chi connectivity index (χ4n) is 4.04. The van der Waals surface area contributed by atoms with Gasteiger partial charge < -0.3 is 5.32 Å². The van der Waals surface area contributed by atoms with Gasteiger partial charge in [-0.3, -0.25) is 9.20 Å². The van der Waals surface area contributed by atoms with Gasteiger partial charge in [-0.25, -0.2) is 4.98 Å². The van der Waals surface area contributed by atoms with Gasteiger partial charge in [0, 0.05) is 11.4 Å². The summed E-state index contributed by atoms with van der Waals surface area (Å²) in [7, 11) is 0. The van der Waals surface area contributed by atoms with E-state index in [1.54, 1.807) is 11.3 Å². The van der Waals surface area contributed by atoms with Crippen LogP contribution in [-0.4, -0.2) is 31.2 Å². The zero-order chi connectivity index (χ0) is 20.7. The van der Waals surface area contributed by atoms with Crippen LogP contribution >= 0.6 is 23.1 Å². The van der Waals surface area contributed by atoms with Gasteiger partial charge in [0.25, 0.3) is 0 Å². The van der Waals surface area contributed by atoms with Gasteiger partial charge in [0.05, 0.1) is 11.1 Å². The van der Waals surface area contributed by atoms with Crippen molar-refractivity contribution in [3.63, 3.8) is 0 Å². The first-order valence-corrected chi connectivity index (χ1v) is 12.0. The van der Waals surface area contributed by atoms with Crippen LogP contribution in [0.1, 0.15) is 35.2 Å². The molecule has 30 heavy (non-hydrogen) atoms. The topological polar surface area (TPSA) is 72.2 Å². The van der Waals surface area contributed by atoms with E-state index in [9.17, 15) is 4.79 Å². The number of amides is 1. The average Bonchev–Trinajstić information content (AvgIpc) is 3.32. The second-order valence-electron chi connectivity index (χ2n) is 7.88. The van der Waals surface area contributed by atoms with Crippen LogP contribution in [0.3, 0.4) is 0 Å². The SMILES string of the molecule is Cc1nc2sc3c(c2c2nnc(SCC(=O)NCc4ccccc4)n12)CC[C@H](C)C3. The molecule has 0 fully saturated rings. The number of fused-ring (bicyclic) bond motifs is 5. The maximum absolute atomic E-state index is 12.3. The third kappa shape index (κ3) is 3.58. The summed E-state index contributed by atoms with van der Waals surface area (Å²) in [5.41, 5.74) is 3.36. The molecular formula is C22H23N5OS2. The molecule has 8 heteroatoms. The fraction of sp³-hybridized carbons (Fsp3) is 0.364. The highest BCUT2D eigenvalue weighted by Crippen LogP contribution is 2.39. The highest BCUT2D eigenvalue weighted by Gasteiger charge is 2.25. The standard InChI is InChI=1S/C22H23N5OS2/c1-13-8-9-16-17(10-13)30-21-19(16)20-25-26-22(27(20)14(2)24-21)29-12-18(28)23-11-15-6-4-3-5-7-15/h3-7,13H,8-12H2,1-2H3,(H,23,28)/t13-/m0/s1. The Hall–Kier alpha value is -2.45. The van der Waals surface area contributed by atoms with Crippen molar-refractivity contribution in [2.45, 2.75) is 44.8 Å². The predicted molar refractivity (Wildman–Crippen MR) is 121 cm³/mol. The lowest BCUT2D eigenvalue weighted by Crippen LogP contribution is -2.24. The fourth-order valence-corrected chi connectivity index (χ4v) is 6.27. The summed E-state index contributed by atoms with van der Waals surface area (Å²) >= 11 is 3.20. The molecule has 0 unspecified atom stereocenters. The van der Waals surface area contributed by atoms with Crippen molar-refractivity contribution in [1.82, 2.24) is 24.9 Å². The second-order valence-corrected chi connectivity index (χ2v) is 9.91. The number of aromatic nitrogens is 4. The summed E-state index contributed by atoms with van der Waals surface area (Å²) in [5, 5.41) is 13.7. The van der Waals surface area contributed by atoms with Crippen molar-refractivity contribution in [3.05, 3.63) is 52.2 Å². The molecule has 154 valence electrons. The van der Waals surface area contributed by atoms with Crippen LogP contribution in [0.5, 0.6) is 0 Å². The molecule has 1 aromatic carbocycles. The van der Waals surface area contributed by atoms with E-state index in [-0.39, 0.29) is 5.91 Å². The Labute approximate surface area is 183 Å². The van der Waals surface area contributed by atoms with E-state index in [0.717, 1.165) is 51.2 Å². The zero-order valence-corrected chi connectivity index (χ0v) is 18.6. The molecule has 5 rings (SSSR count). The maximum Gasteiger partial charge on any atom is 0.230 e. The van der Waals surface area contributed by atoms with Crippen molar-refractivity contribution in [2.24, 2.45) is 5.92 Å². The molecule has 3 heterocycles. The number of rotatable bonds is 5. The first-order valence-electron chi connectivity index (χ1n) is 10.2. The number of aryl methyl sites for hydroxylation is 2. The number of benzene rings is 1. The first kappa shape index (κ1) is 19.5. The summed E-state index contributed by atoms with van der Waals surface area (Å²) in [6.07, 6.45) is 3.41. The van der Waals surface area contributed by atoms with Crippen LogP contribution < -0.4 is 5.32 Å². The Morgan fingerprint density at radius 2 is 2.13 bits per heavy atom. The summed E-state index contributed by atoms with van der Waals surface area (Å²) in [6, 6.07) is 9.91. The Bertz CT molecular complexity index is 1230. The Morgan fingerprint density at radius 1 is 1.30 bits per heavy atom. The smallest absolute Gasteiger partial charge is 0.230 e. The number of nitrogens with one attached hydrogen (secondary N) is 1. The van der Waals surface area contributed by atoms with Crippen LogP contribution in [-0.2, 0) is 24.2 Å². The highest BCUT2D eigenvalue weighted by molar-refractivity contribution is 7.99. The number of thioether (sulfide) groups is 1. The van der Waals surface area contributed by atoms with Crippen LogP contribution in [0.15, 0.2) is 35.5 Å². The van der Waals surface area contributed by atoms with Crippen LogP contribution in [0.25, 0.3) is 15.9 Å². The van der Waals surface area contributed by atoms with Crippen molar-refractivity contribution < 1.29 is 4.79 Å². The molecule has 3 aromatic heterocycles. The lowest BCUT2D eigenvalue weighted by atomic mass is 9.89. The molecule has 1 atom stereocenters. The third-order valence-corrected chi connectivity index (χ3v) is 7.68. The number of thiophene rings is 1. The van der Waals surface area contributed by atoms with Gasteiger partial charge in [0.1, 0.15) is 10.7 Å². The van der Waals surface area contributed by atoms with Crippen LogP contribution in [0, 0.1) is 12.8 Å². The van der Waals surface area contributed by atoms with Crippen molar-refractivity contribution in [3.8, 4) is 0 Å². The number of hydrogen-bond donors (Lipinski definition) is 1. The van der Waals surface area contributed by atoms with Crippen molar-refractivity contribution in [2.75, 3.05) is 5.75 Å². The average molecular weight is 438 g/mol. The molecule has 0 aliphatic heterocycles. The molecule has 1 aliphatic carbocycles. The number of hydrogen-bond acceptors (Lipinski definition) is 6. The lowest BCUT2D eigenvalue weighted by Gasteiger charge is -2.17. The van der Waals surface area contributed by atoms with E-state index < -0.39 is 0 Å². The number of carbonyl (C=O) groups excluding carboxylic acids is 1. The zero-order valence-electron chi connectivity index (χ0n) is 17.0. The normalized spacial score (nSPS) is 16.1. The quantitative estimate of drug-likeness (QED) is 0.474. The van der Waals surface area contributed by atoms with E-state index in [1.807, 2.05) is 41.7 Å². The monoisotopic (exact) mass is 437 g/mol. The lowest BCUT2D eigenvalue weighted by molar-refractivity contribution is -0.118. The molecule has 6 nitrogen and oxygen atoms in total. The van der Waals surface area contributed by atoms with Gasteiger partial charge in [-0.15, -0.1) is 21.5 Å². The van der Waals surface area contributed by atoms with E-state index >= 15 is 0 Å². The van der Waals surface area contributed by atoms with Gasteiger partial charge >= 0.3 is 0 Å². The molecule has 4 aromatic rings. The molecule has 1 N–H and O–H groups in total. The minimum absolute atomic E-state index is 0.0193. The Morgan fingerprint density at radius 3 is 2.97 bits per heavy atom. The van der Waals surface area contributed by atoms with Crippen molar-refractivity contribution in [1.29, 1.82) is 0 Å². The highest BCUT2D eigenvalue weighted by atomic mass is 32.2. The third-order valence-electron chi connectivity index (χ3n) is 5.60. The number of carbonyl (C=O) groups is 1. The molecule has 0 bridgehead atoms. The minimum Gasteiger partial charge on any atom is -0.351 e. The van der Waals surface area contributed by atoms with Gasteiger partial charge in [0.2, 0.25) is 5.91 Å². The predicted octanol–water partition coefficient (Wildman–Crippen LogP) is 4.18. The summed E-state index contributed by atoms with van der Waals surface area (Å²) in [6.45, 7) is 4.83. The second kappa shape index (κ2) is 8.00. The summed E-state index contributed by atoms with van der Waals surface area (Å²) in [4.78, 5) is 19.7. The molecule has 0 spiro atoms.